The van der Waals surface area contributed by atoms with Crippen molar-refractivity contribution in [2.24, 2.45) is 0 Å². The summed E-state index contributed by atoms with van der Waals surface area (Å²) in [6, 6.07) is 1.83. The Morgan fingerprint density at radius 2 is 2.00 bits per heavy atom. The van der Waals surface area contributed by atoms with Gasteiger partial charge in [-0.15, -0.1) is 10.2 Å². The number of nitrogens with zero attached hydrogens (tertiary/aromatic N) is 8. The van der Waals surface area contributed by atoms with E-state index in [1.54, 1.807) is 15.1 Å². The van der Waals surface area contributed by atoms with Gasteiger partial charge in [0.15, 0.2) is 0 Å². The Kier molecular flexibility index (Phi) is 3.79. The van der Waals surface area contributed by atoms with Gasteiger partial charge in [0.2, 0.25) is 11.9 Å². The smallest absolute Gasteiger partial charge is 0.256 e. The molecule has 26 heavy (non-hydrogen) atoms. The fourth-order valence-corrected chi connectivity index (χ4v) is 2.90. The molecule has 0 atom stereocenters. The molecule has 0 radical (unpaired) electrons. The topological polar surface area (TPSA) is 115 Å². The molecule has 1 amide bonds. The predicted molar refractivity (Wildman–Crippen MR) is 92.7 cm³/mol. The van der Waals surface area contributed by atoms with Crippen LogP contribution in [-0.4, -0.2) is 45.1 Å². The van der Waals surface area contributed by atoms with Gasteiger partial charge in [0.05, 0.1) is 0 Å². The lowest BCUT2D eigenvalue weighted by atomic mass is 10.1. The molecule has 0 fully saturated rings. The zero-order chi connectivity index (χ0) is 18.3. The highest BCUT2D eigenvalue weighted by molar-refractivity contribution is 5.89. The predicted octanol–water partition coefficient (Wildman–Crippen LogP) is 1.06. The van der Waals surface area contributed by atoms with Crippen molar-refractivity contribution >= 4 is 23.4 Å². The molecule has 0 bridgehead atoms. The van der Waals surface area contributed by atoms with Crippen LogP contribution in [0.5, 0.6) is 0 Å². The van der Waals surface area contributed by atoms with E-state index in [1.165, 1.54) is 6.33 Å². The number of carbonyl (C=O) groups excluding carboxylic acids is 1. The van der Waals surface area contributed by atoms with E-state index in [0.29, 0.717) is 23.9 Å². The van der Waals surface area contributed by atoms with Crippen LogP contribution in [-0.2, 0) is 11.2 Å². The van der Waals surface area contributed by atoms with Gasteiger partial charge in [-0.3, -0.25) is 14.5 Å². The van der Waals surface area contributed by atoms with Gasteiger partial charge in [0.1, 0.15) is 6.33 Å². The van der Waals surface area contributed by atoms with Gasteiger partial charge in [-0.05, 0) is 38.8 Å². The number of aryl methyl sites for hydroxylation is 3. The molecule has 10 nitrogen and oxygen atoms in total. The SMILES string of the molecule is Cc1ccn2c(NC(=O)CCc3c(C)nc4ncnn4c3C)nnc2n1. The van der Waals surface area contributed by atoms with Crippen molar-refractivity contribution in [3.05, 3.63) is 41.2 Å². The molecule has 4 aromatic heterocycles. The van der Waals surface area contributed by atoms with Gasteiger partial charge in [-0.1, -0.05) is 0 Å². The molecule has 10 heteroatoms. The molecule has 4 aromatic rings. The van der Waals surface area contributed by atoms with E-state index in [4.69, 9.17) is 0 Å². The lowest BCUT2D eigenvalue weighted by molar-refractivity contribution is -0.116. The number of hydrogen-bond acceptors (Lipinski definition) is 7. The Labute approximate surface area is 148 Å². The quantitative estimate of drug-likeness (QED) is 0.584. The van der Waals surface area contributed by atoms with E-state index in [-0.39, 0.29) is 12.3 Å². The largest absolute Gasteiger partial charge is 0.294 e. The third-order valence-corrected chi connectivity index (χ3v) is 4.26. The van der Waals surface area contributed by atoms with Gasteiger partial charge < -0.3 is 0 Å². The second kappa shape index (κ2) is 6.14. The summed E-state index contributed by atoms with van der Waals surface area (Å²) in [6.07, 6.45) is 4.08. The van der Waals surface area contributed by atoms with Crippen LogP contribution >= 0.6 is 0 Å². The van der Waals surface area contributed by atoms with E-state index >= 15 is 0 Å². The van der Waals surface area contributed by atoms with Gasteiger partial charge in [-0.25, -0.2) is 14.5 Å². The molecule has 0 spiro atoms. The highest BCUT2D eigenvalue weighted by atomic mass is 16.1. The number of nitrogens with one attached hydrogen (secondary N) is 1. The molecule has 0 aliphatic carbocycles. The molecule has 4 rings (SSSR count). The van der Waals surface area contributed by atoms with Gasteiger partial charge in [-0.2, -0.15) is 10.1 Å². The zero-order valence-electron chi connectivity index (χ0n) is 14.6. The standard InChI is InChI=1S/C16H17N9O/c1-9-6-7-24-15(19-9)22-23-16(24)21-13(26)5-4-12-10(2)20-14-17-8-18-25(14)11(12)3/h6-8H,4-5H2,1-3H3,(H,21,23,26). The fraction of sp³-hybridized carbons (Fsp3) is 0.312. The minimum atomic E-state index is -0.155. The highest BCUT2D eigenvalue weighted by Crippen LogP contribution is 2.15. The Bertz CT molecular complexity index is 1130. The third kappa shape index (κ3) is 2.75. The number of aromatic nitrogens is 8. The van der Waals surface area contributed by atoms with Crippen molar-refractivity contribution < 1.29 is 4.79 Å². The maximum atomic E-state index is 12.4. The molecule has 0 saturated carbocycles. The van der Waals surface area contributed by atoms with Crippen LogP contribution in [0.3, 0.4) is 0 Å². The van der Waals surface area contributed by atoms with Crippen molar-refractivity contribution in [2.45, 2.75) is 33.6 Å². The first kappa shape index (κ1) is 16.1. The summed E-state index contributed by atoms with van der Waals surface area (Å²) in [5.41, 5.74) is 3.61. The summed E-state index contributed by atoms with van der Waals surface area (Å²) in [5, 5.41) is 14.9. The maximum Gasteiger partial charge on any atom is 0.256 e. The summed E-state index contributed by atoms with van der Waals surface area (Å²) in [7, 11) is 0. The normalized spacial score (nSPS) is 11.3. The summed E-state index contributed by atoms with van der Waals surface area (Å²) < 4.78 is 3.32. The Morgan fingerprint density at radius 1 is 1.15 bits per heavy atom. The Morgan fingerprint density at radius 3 is 2.85 bits per heavy atom. The molecule has 1 N–H and O–H groups in total. The van der Waals surface area contributed by atoms with Gasteiger partial charge in [0, 0.05) is 29.7 Å². The number of hydrogen-bond donors (Lipinski definition) is 1. The average Bonchev–Trinajstić information content (AvgIpc) is 3.21. The van der Waals surface area contributed by atoms with Crippen LogP contribution in [0.15, 0.2) is 18.6 Å². The molecule has 0 aliphatic heterocycles. The van der Waals surface area contributed by atoms with Crippen LogP contribution in [0.2, 0.25) is 0 Å². The van der Waals surface area contributed by atoms with Crippen molar-refractivity contribution in [2.75, 3.05) is 5.32 Å². The first-order valence-electron chi connectivity index (χ1n) is 8.17. The average molecular weight is 351 g/mol. The molecule has 132 valence electrons. The summed E-state index contributed by atoms with van der Waals surface area (Å²) in [6.45, 7) is 5.73. The van der Waals surface area contributed by atoms with E-state index in [9.17, 15) is 4.79 Å². The maximum absolute atomic E-state index is 12.4. The van der Waals surface area contributed by atoms with E-state index in [1.807, 2.05) is 26.8 Å². The Balaban J connectivity index is 1.50. The summed E-state index contributed by atoms with van der Waals surface area (Å²) in [5.74, 6) is 1.21. The number of rotatable bonds is 4. The lowest BCUT2D eigenvalue weighted by Crippen LogP contribution is -2.16. The molecule has 4 heterocycles. The number of fused-ring (bicyclic) bond motifs is 2. The lowest BCUT2D eigenvalue weighted by Gasteiger charge is -2.10. The fourth-order valence-electron chi connectivity index (χ4n) is 2.90. The molecule has 0 unspecified atom stereocenters. The number of amides is 1. The van der Waals surface area contributed by atoms with Crippen molar-refractivity contribution in [3.8, 4) is 0 Å². The minimum Gasteiger partial charge on any atom is -0.294 e. The monoisotopic (exact) mass is 351 g/mol. The molecular formula is C16H17N9O. The van der Waals surface area contributed by atoms with E-state index in [2.05, 4.69) is 35.6 Å². The summed E-state index contributed by atoms with van der Waals surface area (Å²) in [4.78, 5) is 25.1. The number of carbonyl (C=O) groups is 1. The van der Waals surface area contributed by atoms with Crippen LogP contribution in [0.4, 0.5) is 5.95 Å². The van der Waals surface area contributed by atoms with Crippen LogP contribution in [0.25, 0.3) is 11.6 Å². The first-order valence-corrected chi connectivity index (χ1v) is 8.17. The molecule has 0 aromatic carbocycles. The van der Waals surface area contributed by atoms with Crippen LogP contribution in [0, 0.1) is 20.8 Å². The van der Waals surface area contributed by atoms with Gasteiger partial charge >= 0.3 is 0 Å². The van der Waals surface area contributed by atoms with E-state index in [0.717, 1.165) is 22.6 Å². The molecule has 0 saturated heterocycles. The van der Waals surface area contributed by atoms with Crippen LogP contribution < -0.4 is 5.32 Å². The molecular weight excluding hydrogens is 334 g/mol. The van der Waals surface area contributed by atoms with Crippen LogP contribution in [0.1, 0.15) is 29.1 Å². The second-order valence-electron chi connectivity index (χ2n) is 6.04. The third-order valence-electron chi connectivity index (χ3n) is 4.26. The second-order valence-corrected chi connectivity index (χ2v) is 6.04. The van der Waals surface area contributed by atoms with Crippen molar-refractivity contribution in [3.63, 3.8) is 0 Å². The van der Waals surface area contributed by atoms with Gasteiger partial charge in [0.25, 0.3) is 11.6 Å². The summed E-state index contributed by atoms with van der Waals surface area (Å²) >= 11 is 0. The minimum absolute atomic E-state index is 0.155. The number of anilines is 1. The van der Waals surface area contributed by atoms with Crippen molar-refractivity contribution in [1.29, 1.82) is 0 Å². The zero-order valence-corrected chi connectivity index (χ0v) is 14.6. The van der Waals surface area contributed by atoms with E-state index < -0.39 is 0 Å². The first-order chi connectivity index (χ1) is 12.5. The Hall–Kier alpha value is -3.43. The van der Waals surface area contributed by atoms with Crippen molar-refractivity contribution in [1.82, 2.24) is 39.2 Å². The molecule has 0 aliphatic rings. The highest BCUT2D eigenvalue weighted by Gasteiger charge is 2.14.